The van der Waals surface area contributed by atoms with Crippen molar-refractivity contribution >= 4 is 62.8 Å². The van der Waals surface area contributed by atoms with Crippen LogP contribution in [-0.2, 0) is 9.35 Å². The molecule has 1 aliphatic heterocycles. The SMILES string of the molecule is OP1(O)(O)OO1.[AlH3].[CaH2]. The standard InChI is InChI=1S/Al.Ca.H3O5P.5H/c;;1-6(2,3)4-5-6;;;;;/h;;1-3H;;;;;. The van der Waals surface area contributed by atoms with Crippen LogP contribution in [0.5, 0.6) is 0 Å². The third-order valence-corrected chi connectivity index (χ3v) is 0.824. The summed E-state index contributed by atoms with van der Waals surface area (Å²) in [6, 6.07) is 0. The Balaban J connectivity index is 0. The number of hydrogen-bond donors (Lipinski definition) is 3. The molecule has 0 amide bonds. The fraction of sp³-hybridized carbons (Fsp3) is 0. The van der Waals surface area contributed by atoms with Crippen LogP contribution >= 0.6 is 7.74 Å². The summed E-state index contributed by atoms with van der Waals surface area (Å²) in [6.45, 7) is 0. The number of rotatable bonds is 0. The summed E-state index contributed by atoms with van der Waals surface area (Å²) < 4.78 is 6.76. The van der Waals surface area contributed by atoms with Gasteiger partial charge in [-0.1, -0.05) is 0 Å². The van der Waals surface area contributed by atoms with Crippen LogP contribution in [0.3, 0.4) is 0 Å². The molecule has 0 aromatic rings. The molecule has 0 unspecified atom stereocenters. The van der Waals surface area contributed by atoms with Gasteiger partial charge in [-0.2, -0.15) is 0 Å². The van der Waals surface area contributed by atoms with E-state index in [4.69, 9.17) is 14.7 Å². The predicted molar refractivity (Wildman–Crippen MR) is 34.2 cm³/mol. The minimum atomic E-state index is -4.80. The normalized spacial score (nSPS) is 32.1. The zero-order valence-electron chi connectivity index (χ0n) is 2.61. The molecule has 1 saturated heterocycles. The van der Waals surface area contributed by atoms with E-state index in [1.165, 1.54) is 0 Å². The summed E-state index contributed by atoms with van der Waals surface area (Å²) in [6.07, 6.45) is 0. The van der Waals surface area contributed by atoms with Gasteiger partial charge in [0, 0.05) is 0 Å². The summed E-state index contributed by atoms with van der Waals surface area (Å²) in [5.41, 5.74) is 0. The van der Waals surface area contributed by atoms with E-state index in [1.54, 1.807) is 0 Å². The second kappa shape index (κ2) is 2.95. The summed E-state index contributed by atoms with van der Waals surface area (Å²) >= 11 is 0. The third kappa shape index (κ3) is 4.86. The fourth-order valence-corrected chi connectivity index (χ4v) is 0.402. The van der Waals surface area contributed by atoms with E-state index in [9.17, 15) is 0 Å². The third-order valence-electron chi connectivity index (χ3n) is 0.275. The van der Waals surface area contributed by atoms with Crippen molar-refractivity contribution < 1.29 is 24.0 Å². The molecule has 0 atom stereocenters. The molecule has 0 saturated carbocycles. The molecule has 5 nitrogen and oxygen atoms in total. The topological polar surface area (TPSA) is 85.8 Å². The first-order chi connectivity index (χ1) is 2.47. The van der Waals surface area contributed by atoms with Gasteiger partial charge in [-0.25, -0.2) is 0 Å². The van der Waals surface area contributed by atoms with Crippen molar-refractivity contribution in [3.63, 3.8) is 0 Å². The van der Waals surface area contributed by atoms with Crippen molar-refractivity contribution in [3.05, 3.63) is 0 Å². The molecule has 0 aromatic heterocycles. The van der Waals surface area contributed by atoms with E-state index < -0.39 is 7.74 Å². The van der Waals surface area contributed by atoms with Gasteiger partial charge in [0.15, 0.2) is 17.4 Å². The molecule has 1 rings (SSSR count). The Bertz CT molecular complexity index is 76.2. The minimum absolute atomic E-state index is 0. The average molecular weight is 186 g/mol. The molecule has 8 heteroatoms. The Hall–Kier alpha value is 2.02. The van der Waals surface area contributed by atoms with E-state index in [0.717, 1.165) is 0 Å². The zero-order valence-corrected chi connectivity index (χ0v) is 3.50. The van der Waals surface area contributed by atoms with Gasteiger partial charge in [0.1, 0.15) is 0 Å². The number of hydrogen-bond acceptors (Lipinski definition) is 5. The molecule has 3 N–H and O–H groups in total. The van der Waals surface area contributed by atoms with E-state index in [1.807, 2.05) is 0 Å². The maximum absolute atomic E-state index is 7.89. The average Bonchev–Trinajstić information content (AvgIpc) is 1.73. The Morgan fingerprint density at radius 1 is 1.00 bits per heavy atom. The van der Waals surface area contributed by atoms with Gasteiger partial charge in [-0.05, 0) is 0 Å². The fourth-order valence-electron chi connectivity index (χ4n) is 0.0447. The molecule has 1 aliphatic rings. The second-order valence-corrected chi connectivity index (χ2v) is 2.95. The van der Waals surface area contributed by atoms with Crippen LogP contribution < -0.4 is 0 Å². The maximum atomic E-state index is 7.89. The van der Waals surface area contributed by atoms with Crippen LogP contribution in [0.2, 0.25) is 0 Å². The van der Waals surface area contributed by atoms with E-state index >= 15 is 0 Å². The van der Waals surface area contributed by atoms with Gasteiger partial charge in [0.05, 0.1) is 0 Å². The van der Waals surface area contributed by atoms with Crippen LogP contribution in [0.1, 0.15) is 0 Å². The molecule has 1 heterocycles. The first-order valence-electron chi connectivity index (χ1n) is 1.13. The van der Waals surface area contributed by atoms with Gasteiger partial charge in [-0.15, -0.1) is 0 Å². The van der Waals surface area contributed by atoms with Crippen LogP contribution in [0.4, 0.5) is 0 Å². The Morgan fingerprint density at radius 2 is 1.12 bits per heavy atom. The summed E-state index contributed by atoms with van der Waals surface area (Å²) in [5.74, 6) is 0. The summed E-state index contributed by atoms with van der Waals surface area (Å²) in [7, 11) is -4.80. The molecule has 8 heavy (non-hydrogen) atoms. The van der Waals surface area contributed by atoms with Crippen molar-refractivity contribution in [3.8, 4) is 0 Å². The Labute approximate surface area is 86.0 Å². The first kappa shape index (κ1) is 12.7. The van der Waals surface area contributed by atoms with Crippen LogP contribution in [0.15, 0.2) is 0 Å². The van der Waals surface area contributed by atoms with Crippen molar-refractivity contribution in [2.75, 3.05) is 0 Å². The van der Waals surface area contributed by atoms with E-state index in [-0.39, 0.29) is 55.1 Å². The van der Waals surface area contributed by atoms with Crippen LogP contribution in [0.25, 0.3) is 0 Å². The van der Waals surface area contributed by atoms with Gasteiger partial charge < -0.3 is 0 Å². The van der Waals surface area contributed by atoms with Crippen LogP contribution in [-0.4, -0.2) is 69.8 Å². The molecule has 0 bridgehead atoms. The molecule has 0 radical (unpaired) electrons. The molecule has 0 aromatic carbocycles. The Morgan fingerprint density at radius 3 is 1.12 bits per heavy atom. The second-order valence-electron chi connectivity index (χ2n) is 0.982. The van der Waals surface area contributed by atoms with Crippen molar-refractivity contribution in [1.82, 2.24) is 0 Å². The van der Waals surface area contributed by atoms with Crippen molar-refractivity contribution in [2.24, 2.45) is 0 Å². The molecular weight excluding hydrogens is 178 g/mol. The summed E-state index contributed by atoms with van der Waals surface area (Å²) in [4.78, 5) is 23.7. The van der Waals surface area contributed by atoms with Gasteiger partial charge >= 0.3 is 69.5 Å². The first-order valence-corrected chi connectivity index (χ1v) is 3.06. The van der Waals surface area contributed by atoms with Crippen molar-refractivity contribution in [2.45, 2.75) is 0 Å². The summed E-state index contributed by atoms with van der Waals surface area (Å²) in [5, 5.41) is 0. The van der Waals surface area contributed by atoms with Gasteiger partial charge in [0.25, 0.3) is 0 Å². The molecule has 1 fully saturated rings. The van der Waals surface area contributed by atoms with E-state index in [2.05, 4.69) is 9.35 Å². The van der Waals surface area contributed by atoms with Crippen molar-refractivity contribution in [1.29, 1.82) is 0 Å². The van der Waals surface area contributed by atoms with Gasteiger partial charge in [0.2, 0.25) is 0 Å². The Kier molecular flexibility index (Phi) is 4.68. The quantitative estimate of drug-likeness (QED) is 0.162. The predicted octanol–water partition coefficient (Wildman–Crippen LogP) is -3.05. The monoisotopic (exact) mass is 186 g/mol. The zero-order chi connectivity index (χ0) is 4.86. The molecule has 0 spiro atoms. The molecule has 48 valence electrons. The molecular formula is H8AlCaO5P. The van der Waals surface area contributed by atoms with E-state index in [0.29, 0.717) is 0 Å². The van der Waals surface area contributed by atoms with Gasteiger partial charge in [-0.3, -0.25) is 0 Å². The van der Waals surface area contributed by atoms with Crippen LogP contribution in [0, 0.1) is 0 Å². The molecule has 0 aliphatic carbocycles.